The van der Waals surface area contributed by atoms with Crippen LogP contribution in [-0.4, -0.2) is 46.5 Å². The van der Waals surface area contributed by atoms with E-state index >= 15 is 0 Å². The molecule has 0 bridgehead atoms. The maximum Gasteiger partial charge on any atom is 0.256 e. The molecule has 1 aromatic heterocycles. The summed E-state index contributed by atoms with van der Waals surface area (Å²) in [6.07, 6.45) is 3.58. The van der Waals surface area contributed by atoms with Crippen molar-refractivity contribution < 1.29 is 4.79 Å². The summed E-state index contributed by atoms with van der Waals surface area (Å²) in [6.45, 7) is 3.22. The van der Waals surface area contributed by atoms with Crippen LogP contribution in [-0.2, 0) is 7.05 Å². The Morgan fingerprint density at radius 3 is 2.47 bits per heavy atom. The summed E-state index contributed by atoms with van der Waals surface area (Å²) in [7, 11) is 1.95. The van der Waals surface area contributed by atoms with E-state index in [9.17, 15) is 10.1 Å². The van der Waals surface area contributed by atoms with Crippen molar-refractivity contribution in [3.63, 3.8) is 0 Å². The molecule has 4 aromatic rings. The van der Waals surface area contributed by atoms with Crippen LogP contribution in [0, 0.1) is 11.3 Å². The quantitative estimate of drug-likeness (QED) is 0.475. The summed E-state index contributed by atoms with van der Waals surface area (Å²) in [5, 5.41) is 13.0. The van der Waals surface area contributed by atoms with Crippen molar-refractivity contribution in [3.8, 4) is 17.3 Å². The molecule has 2 aliphatic heterocycles. The van der Waals surface area contributed by atoms with Gasteiger partial charge in [0.25, 0.3) is 5.91 Å². The highest BCUT2D eigenvalue weighted by Gasteiger charge is 2.33. The molecule has 1 saturated heterocycles. The fourth-order valence-corrected chi connectivity index (χ4v) is 5.46. The first-order chi connectivity index (χ1) is 17.6. The third-order valence-electron chi connectivity index (χ3n) is 7.25. The number of anilines is 2. The third-order valence-corrected chi connectivity index (χ3v) is 7.25. The van der Waals surface area contributed by atoms with Gasteiger partial charge in [0.1, 0.15) is 6.07 Å². The van der Waals surface area contributed by atoms with Crippen LogP contribution in [0.3, 0.4) is 0 Å². The lowest BCUT2D eigenvalue weighted by molar-refractivity contribution is 0.102. The predicted molar refractivity (Wildman–Crippen MR) is 140 cm³/mol. The van der Waals surface area contributed by atoms with E-state index < -0.39 is 0 Å². The lowest BCUT2D eigenvalue weighted by Gasteiger charge is -2.41. The SMILES string of the molecule is Cn1cncc1-c1ccc(N2CCN(C3c4ccccc4NC(=O)c4ccccc43)CC2)c(C#N)c1. The number of hydrogen-bond donors (Lipinski definition) is 1. The van der Waals surface area contributed by atoms with Gasteiger partial charge in [-0.1, -0.05) is 42.5 Å². The molecule has 3 heterocycles. The molecule has 7 heteroatoms. The summed E-state index contributed by atoms with van der Waals surface area (Å²) < 4.78 is 1.96. The van der Waals surface area contributed by atoms with Crippen LogP contribution in [0.1, 0.15) is 33.1 Å². The van der Waals surface area contributed by atoms with Gasteiger partial charge < -0.3 is 14.8 Å². The minimum atomic E-state index is -0.0636. The molecule has 2 aliphatic rings. The molecule has 1 unspecified atom stereocenters. The van der Waals surface area contributed by atoms with Crippen molar-refractivity contribution in [2.75, 3.05) is 36.4 Å². The van der Waals surface area contributed by atoms with Gasteiger partial charge in [0, 0.05) is 50.0 Å². The first-order valence-electron chi connectivity index (χ1n) is 12.1. The van der Waals surface area contributed by atoms with Gasteiger partial charge in [-0.25, -0.2) is 4.98 Å². The first kappa shape index (κ1) is 22.1. The fourth-order valence-electron chi connectivity index (χ4n) is 5.46. The number of piperazine rings is 1. The summed E-state index contributed by atoms with van der Waals surface area (Å²) in [4.78, 5) is 21.9. The molecular weight excluding hydrogens is 448 g/mol. The number of fused-ring (bicyclic) bond motifs is 2. The van der Waals surface area contributed by atoms with Crippen LogP contribution < -0.4 is 10.2 Å². The molecule has 0 aliphatic carbocycles. The number of nitriles is 1. The number of benzene rings is 3. The summed E-state index contributed by atoms with van der Waals surface area (Å²) >= 11 is 0. The van der Waals surface area contributed by atoms with Gasteiger partial charge in [0.05, 0.1) is 35.5 Å². The smallest absolute Gasteiger partial charge is 0.256 e. The van der Waals surface area contributed by atoms with E-state index in [0.29, 0.717) is 5.56 Å². The lowest BCUT2D eigenvalue weighted by atomic mass is 9.93. The molecule has 1 atom stereocenters. The number of para-hydroxylation sites is 1. The van der Waals surface area contributed by atoms with E-state index in [0.717, 1.165) is 65.5 Å². The third kappa shape index (κ3) is 3.72. The topological polar surface area (TPSA) is 77.2 Å². The summed E-state index contributed by atoms with van der Waals surface area (Å²) in [5.74, 6) is -0.0636. The minimum Gasteiger partial charge on any atom is -0.368 e. The van der Waals surface area contributed by atoms with E-state index in [-0.39, 0.29) is 11.9 Å². The molecule has 36 heavy (non-hydrogen) atoms. The van der Waals surface area contributed by atoms with Gasteiger partial charge >= 0.3 is 0 Å². The predicted octanol–water partition coefficient (Wildman–Crippen LogP) is 4.44. The highest BCUT2D eigenvalue weighted by Crippen LogP contribution is 2.39. The van der Waals surface area contributed by atoms with Crippen molar-refractivity contribution in [2.24, 2.45) is 7.05 Å². The van der Waals surface area contributed by atoms with Crippen molar-refractivity contribution in [3.05, 3.63) is 102 Å². The summed E-state index contributed by atoms with van der Waals surface area (Å²) in [6, 6.07) is 24.4. The maximum absolute atomic E-state index is 13.0. The van der Waals surface area contributed by atoms with Crippen LogP contribution in [0.25, 0.3) is 11.3 Å². The minimum absolute atomic E-state index is 0.0128. The number of aryl methyl sites for hydroxylation is 1. The average molecular weight is 475 g/mol. The highest BCUT2D eigenvalue weighted by molar-refractivity contribution is 6.07. The van der Waals surface area contributed by atoms with Crippen LogP contribution in [0.2, 0.25) is 0 Å². The van der Waals surface area contributed by atoms with Crippen LogP contribution in [0.5, 0.6) is 0 Å². The molecule has 1 fully saturated rings. The van der Waals surface area contributed by atoms with E-state index in [1.54, 1.807) is 6.33 Å². The zero-order valence-corrected chi connectivity index (χ0v) is 20.1. The number of carbonyl (C=O) groups is 1. The molecule has 0 saturated carbocycles. The van der Waals surface area contributed by atoms with Crippen LogP contribution in [0.15, 0.2) is 79.3 Å². The Bertz CT molecular complexity index is 1490. The zero-order valence-electron chi connectivity index (χ0n) is 20.1. The highest BCUT2D eigenvalue weighted by atomic mass is 16.1. The van der Waals surface area contributed by atoms with Gasteiger partial charge in [0.2, 0.25) is 0 Å². The molecule has 6 rings (SSSR count). The van der Waals surface area contributed by atoms with E-state index in [1.165, 1.54) is 0 Å². The van der Waals surface area contributed by atoms with E-state index in [4.69, 9.17) is 0 Å². The largest absolute Gasteiger partial charge is 0.368 e. The number of imidazole rings is 1. The number of carbonyl (C=O) groups excluding carboxylic acids is 1. The Morgan fingerprint density at radius 1 is 0.972 bits per heavy atom. The molecule has 178 valence electrons. The van der Waals surface area contributed by atoms with Gasteiger partial charge in [-0.05, 0) is 35.4 Å². The van der Waals surface area contributed by atoms with Crippen molar-refractivity contribution in [1.82, 2.24) is 14.5 Å². The number of hydrogen-bond acceptors (Lipinski definition) is 5. The standard InChI is InChI=1S/C29H26N6O/c1-33-19-31-18-27(33)20-10-11-26(21(16-20)17-30)34-12-14-35(15-13-34)28-22-6-2-3-7-23(22)29(36)32-25-9-5-4-8-24(25)28/h2-11,16,18-19,28H,12-15H2,1H3,(H,32,36). The van der Waals surface area contributed by atoms with Crippen molar-refractivity contribution in [2.45, 2.75) is 6.04 Å². The number of aromatic nitrogens is 2. The van der Waals surface area contributed by atoms with Crippen LogP contribution in [0.4, 0.5) is 11.4 Å². The van der Waals surface area contributed by atoms with Gasteiger partial charge in [0.15, 0.2) is 0 Å². The van der Waals surface area contributed by atoms with E-state index in [1.807, 2.05) is 60.3 Å². The van der Waals surface area contributed by atoms with Gasteiger partial charge in [-0.15, -0.1) is 0 Å². The Morgan fingerprint density at radius 2 is 1.72 bits per heavy atom. The second-order valence-electron chi connectivity index (χ2n) is 9.29. The number of nitrogens with one attached hydrogen (secondary N) is 1. The zero-order chi connectivity index (χ0) is 24.6. The molecule has 7 nitrogen and oxygen atoms in total. The normalized spacial score (nSPS) is 17.5. The number of amides is 1. The Kier molecular flexibility index (Phi) is 5.51. The van der Waals surface area contributed by atoms with Crippen molar-refractivity contribution >= 4 is 17.3 Å². The average Bonchev–Trinajstić information content (AvgIpc) is 3.30. The fraction of sp³-hybridized carbons (Fsp3) is 0.207. The monoisotopic (exact) mass is 474 g/mol. The first-order valence-corrected chi connectivity index (χ1v) is 12.1. The van der Waals surface area contributed by atoms with Gasteiger partial charge in [-0.2, -0.15) is 5.26 Å². The Hall–Kier alpha value is -4.41. The molecule has 3 aromatic carbocycles. The maximum atomic E-state index is 13.0. The second kappa shape index (κ2) is 8.99. The second-order valence-corrected chi connectivity index (χ2v) is 9.29. The summed E-state index contributed by atoms with van der Waals surface area (Å²) in [5.41, 5.74) is 7.33. The Balaban J connectivity index is 1.29. The van der Waals surface area contributed by atoms with E-state index in [2.05, 4.69) is 50.4 Å². The van der Waals surface area contributed by atoms with Crippen LogP contribution >= 0.6 is 0 Å². The van der Waals surface area contributed by atoms with Gasteiger partial charge in [-0.3, -0.25) is 9.69 Å². The number of nitrogens with zero attached hydrogens (tertiary/aromatic N) is 5. The molecule has 0 spiro atoms. The lowest BCUT2D eigenvalue weighted by Crippen LogP contribution is -2.48. The molecule has 1 amide bonds. The molecule has 0 radical (unpaired) electrons. The number of rotatable bonds is 3. The molecule has 1 N–H and O–H groups in total. The molecular formula is C29H26N6O. The van der Waals surface area contributed by atoms with Crippen molar-refractivity contribution in [1.29, 1.82) is 5.26 Å². The Labute approximate surface area is 210 Å².